The maximum atomic E-state index is 11.7. The first-order chi connectivity index (χ1) is 9.06. The summed E-state index contributed by atoms with van der Waals surface area (Å²) < 4.78 is 0. The topological polar surface area (TPSA) is 79.4 Å². The molecule has 1 aliphatic rings. The smallest absolute Gasteiger partial charge is 0.229 e. The first-order valence-electron chi connectivity index (χ1n) is 6.12. The Hall–Kier alpha value is -2.24. The Morgan fingerprint density at radius 1 is 1.32 bits per heavy atom. The lowest BCUT2D eigenvalue weighted by atomic mass is 10.3. The molecule has 6 nitrogen and oxygen atoms in total. The van der Waals surface area contributed by atoms with E-state index in [0.29, 0.717) is 5.82 Å². The molecule has 0 spiro atoms. The molecule has 0 atom stereocenters. The predicted octanol–water partition coefficient (Wildman–Crippen LogP) is 0.868. The third-order valence-corrected chi connectivity index (χ3v) is 2.90. The van der Waals surface area contributed by atoms with Gasteiger partial charge in [0.25, 0.3) is 0 Å². The fourth-order valence-corrected chi connectivity index (χ4v) is 1.83. The van der Waals surface area contributed by atoms with E-state index in [9.17, 15) is 14.4 Å². The number of imide groups is 1. The summed E-state index contributed by atoms with van der Waals surface area (Å²) in [6, 6.07) is 3.55. The molecule has 6 heteroatoms. The van der Waals surface area contributed by atoms with Crippen molar-refractivity contribution in [3.8, 4) is 0 Å². The van der Waals surface area contributed by atoms with Gasteiger partial charge in [-0.2, -0.15) is 0 Å². The van der Waals surface area contributed by atoms with Gasteiger partial charge in [-0.25, -0.2) is 4.98 Å². The Labute approximate surface area is 110 Å². The molecule has 0 radical (unpaired) electrons. The molecule has 1 fully saturated rings. The SMILES string of the molecule is Cc1ccc(NC(=O)CCN2C(=O)CCC2=O)nc1. The summed E-state index contributed by atoms with van der Waals surface area (Å²) in [5.74, 6) is -0.198. The van der Waals surface area contributed by atoms with Gasteiger partial charge in [0.05, 0.1) is 0 Å². The van der Waals surface area contributed by atoms with Crippen molar-refractivity contribution >= 4 is 23.5 Å². The normalized spacial score (nSPS) is 14.9. The number of hydrogen-bond acceptors (Lipinski definition) is 4. The number of carbonyl (C=O) groups is 3. The molecule has 1 N–H and O–H groups in total. The fraction of sp³-hybridized carbons (Fsp3) is 0.385. The van der Waals surface area contributed by atoms with Crippen LogP contribution in [-0.2, 0) is 14.4 Å². The zero-order chi connectivity index (χ0) is 13.8. The van der Waals surface area contributed by atoms with Crippen LogP contribution in [0.4, 0.5) is 5.82 Å². The number of aryl methyl sites for hydroxylation is 1. The van der Waals surface area contributed by atoms with Crippen LogP contribution in [0.2, 0.25) is 0 Å². The highest BCUT2D eigenvalue weighted by atomic mass is 16.2. The van der Waals surface area contributed by atoms with E-state index in [1.165, 1.54) is 0 Å². The number of amides is 3. The number of rotatable bonds is 4. The molecule has 1 aromatic rings. The number of carbonyl (C=O) groups excluding carboxylic acids is 3. The van der Waals surface area contributed by atoms with Crippen LogP contribution < -0.4 is 5.32 Å². The Bertz CT molecular complexity index is 494. The van der Waals surface area contributed by atoms with Gasteiger partial charge in [-0.3, -0.25) is 19.3 Å². The lowest BCUT2D eigenvalue weighted by Crippen LogP contribution is -2.32. The second-order valence-corrected chi connectivity index (χ2v) is 4.46. The summed E-state index contributed by atoms with van der Waals surface area (Å²) >= 11 is 0. The lowest BCUT2D eigenvalue weighted by molar-refractivity contribution is -0.138. The molecule has 0 aliphatic carbocycles. The minimum absolute atomic E-state index is 0.0903. The van der Waals surface area contributed by atoms with Crippen LogP contribution in [0.5, 0.6) is 0 Å². The first kappa shape index (κ1) is 13.2. The van der Waals surface area contributed by atoms with Crippen molar-refractivity contribution in [2.75, 3.05) is 11.9 Å². The van der Waals surface area contributed by atoms with Gasteiger partial charge >= 0.3 is 0 Å². The van der Waals surface area contributed by atoms with E-state index in [-0.39, 0.29) is 43.5 Å². The summed E-state index contributed by atoms with van der Waals surface area (Å²) in [7, 11) is 0. The maximum absolute atomic E-state index is 11.7. The highest BCUT2D eigenvalue weighted by Gasteiger charge is 2.28. The molecule has 0 bridgehead atoms. The number of pyridine rings is 1. The van der Waals surface area contributed by atoms with Crippen LogP contribution in [0, 0.1) is 6.92 Å². The van der Waals surface area contributed by atoms with E-state index in [2.05, 4.69) is 10.3 Å². The second kappa shape index (κ2) is 5.60. The lowest BCUT2D eigenvalue weighted by Gasteiger charge is -2.13. The van der Waals surface area contributed by atoms with Crippen molar-refractivity contribution < 1.29 is 14.4 Å². The van der Waals surface area contributed by atoms with Gasteiger partial charge in [0.2, 0.25) is 17.7 Å². The van der Waals surface area contributed by atoms with Crippen LogP contribution in [0.25, 0.3) is 0 Å². The highest BCUT2D eigenvalue weighted by molar-refractivity contribution is 6.02. The van der Waals surface area contributed by atoms with E-state index >= 15 is 0 Å². The Morgan fingerprint density at radius 3 is 2.58 bits per heavy atom. The number of anilines is 1. The van der Waals surface area contributed by atoms with Gasteiger partial charge in [0.1, 0.15) is 5.82 Å². The minimum Gasteiger partial charge on any atom is -0.311 e. The number of likely N-dealkylation sites (tertiary alicyclic amines) is 1. The molecule has 1 aromatic heterocycles. The molecule has 0 unspecified atom stereocenters. The standard InChI is InChI=1S/C13H15N3O3/c1-9-2-3-10(14-8-9)15-11(17)6-7-16-12(18)4-5-13(16)19/h2-3,8H,4-7H2,1H3,(H,14,15,17). The zero-order valence-corrected chi connectivity index (χ0v) is 10.7. The average molecular weight is 261 g/mol. The predicted molar refractivity (Wildman–Crippen MR) is 68.2 cm³/mol. The second-order valence-electron chi connectivity index (χ2n) is 4.46. The summed E-state index contributed by atoms with van der Waals surface area (Å²) in [5.41, 5.74) is 1.01. The number of aromatic nitrogens is 1. The Balaban J connectivity index is 1.83. The number of hydrogen-bond donors (Lipinski definition) is 1. The third kappa shape index (κ3) is 3.37. The molecule has 2 heterocycles. The highest BCUT2D eigenvalue weighted by Crippen LogP contribution is 2.12. The van der Waals surface area contributed by atoms with E-state index in [1.807, 2.05) is 13.0 Å². The molecule has 100 valence electrons. The van der Waals surface area contributed by atoms with Crippen LogP contribution in [0.1, 0.15) is 24.8 Å². The van der Waals surface area contributed by atoms with Crippen molar-refractivity contribution in [3.05, 3.63) is 23.9 Å². The molecule has 19 heavy (non-hydrogen) atoms. The van der Waals surface area contributed by atoms with Crippen molar-refractivity contribution in [2.45, 2.75) is 26.2 Å². The van der Waals surface area contributed by atoms with Crippen LogP contribution in [0.3, 0.4) is 0 Å². The Morgan fingerprint density at radius 2 is 2.00 bits per heavy atom. The molecule has 1 saturated heterocycles. The molecule has 0 aromatic carbocycles. The van der Waals surface area contributed by atoms with Crippen molar-refractivity contribution in [1.82, 2.24) is 9.88 Å². The fourth-order valence-electron chi connectivity index (χ4n) is 1.83. The van der Waals surface area contributed by atoms with Crippen LogP contribution >= 0.6 is 0 Å². The largest absolute Gasteiger partial charge is 0.311 e. The molecule has 1 aliphatic heterocycles. The van der Waals surface area contributed by atoms with Crippen molar-refractivity contribution in [2.24, 2.45) is 0 Å². The van der Waals surface area contributed by atoms with E-state index in [4.69, 9.17) is 0 Å². The van der Waals surface area contributed by atoms with Gasteiger partial charge in [0, 0.05) is 32.0 Å². The maximum Gasteiger partial charge on any atom is 0.229 e. The van der Waals surface area contributed by atoms with Gasteiger partial charge in [-0.15, -0.1) is 0 Å². The van der Waals surface area contributed by atoms with E-state index < -0.39 is 0 Å². The van der Waals surface area contributed by atoms with Gasteiger partial charge in [-0.1, -0.05) is 6.07 Å². The van der Waals surface area contributed by atoms with Crippen LogP contribution in [0.15, 0.2) is 18.3 Å². The summed E-state index contributed by atoms with van der Waals surface area (Å²) in [6.07, 6.45) is 2.25. The monoisotopic (exact) mass is 261 g/mol. The average Bonchev–Trinajstić information content (AvgIpc) is 2.70. The van der Waals surface area contributed by atoms with Crippen LogP contribution in [-0.4, -0.2) is 34.2 Å². The molecule has 3 amide bonds. The summed E-state index contributed by atoms with van der Waals surface area (Å²) in [5, 5.41) is 2.62. The van der Waals surface area contributed by atoms with Crippen molar-refractivity contribution in [3.63, 3.8) is 0 Å². The van der Waals surface area contributed by atoms with Gasteiger partial charge in [-0.05, 0) is 18.6 Å². The van der Waals surface area contributed by atoms with E-state index in [0.717, 1.165) is 10.5 Å². The minimum atomic E-state index is -0.260. The summed E-state index contributed by atoms with van der Waals surface area (Å²) in [4.78, 5) is 39.6. The van der Waals surface area contributed by atoms with E-state index in [1.54, 1.807) is 12.3 Å². The summed E-state index contributed by atoms with van der Waals surface area (Å²) in [6.45, 7) is 2.04. The van der Waals surface area contributed by atoms with Gasteiger partial charge in [0.15, 0.2) is 0 Å². The first-order valence-corrected chi connectivity index (χ1v) is 6.12. The molecular formula is C13H15N3O3. The zero-order valence-electron chi connectivity index (χ0n) is 10.7. The molecule has 0 saturated carbocycles. The quantitative estimate of drug-likeness (QED) is 0.815. The Kier molecular flexibility index (Phi) is 3.89. The van der Waals surface area contributed by atoms with Gasteiger partial charge < -0.3 is 5.32 Å². The number of nitrogens with one attached hydrogen (secondary N) is 1. The molecular weight excluding hydrogens is 246 g/mol. The molecule has 2 rings (SSSR count). The van der Waals surface area contributed by atoms with Crippen molar-refractivity contribution in [1.29, 1.82) is 0 Å². The number of nitrogens with zero attached hydrogens (tertiary/aromatic N) is 2. The third-order valence-electron chi connectivity index (χ3n) is 2.90.